The Hall–Kier alpha value is -0.640. The Kier molecular flexibility index (Phi) is 6.94. The third-order valence-corrected chi connectivity index (χ3v) is 4.36. The second-order valence-corrected chi connectivity index (χ2v) is 6.18. The summed E-state index contributed by atoms with van der Waals surface area (Å²) in [5, 5.41) is 3.72. The van der Waals surface area contributed by atoms with Gasteiger partial charge in [-0.15, -0.1) is 0 Å². The van der Waals surface area contributed by atoms with E-state index in [1.54, 1.807) is 6.07 Å². The first kappa shape index (κ1) is 16.7. The third kappa shape index (κ3) is 5.57. The highest BCUT2D eigenvalue weighted by molar-refractivity contribution is 6.30. The monoisotopic (exact) mass is 313 g/mol. The molecule has 1 heterocycles. The molecule has 0 amide bonds. The Labute approximate surface area is 132 Å². The smallest absolute Gasteiger partial charge is 0.141 e. The van der Waals surface area contributed by atoms with Gasteiger partial charge in [-0.05, 0) is 62.8 Å². The predicted octanol–water partition coefficient (Wildman–Crippen LogP) is 4.35. The number of ether oxygens (including phenoxy) is 1. The first-order valence-electron chi connectivity index (χ1n) is 7.98. The van der Waals surface area contributed by atoms with Crippen LogP contribution in [0.25, 0.3) is 0 Å². The quantitative estimate of drug-likeness (QED) is 0.808. The zero-order valence-electron chi connectivity index (χ0n) is 12.7. The summed E-state index contributed by atoms with van der Waals surface area (Å²) in [6, 6.07) is 5.40. The molecule has 0 spiro atoms. The molecule has 0 saturated carbocycles. The zero-order chi connectivity index (χ0) is 15.1. The lowest BCUT2D eigenvalue weighted by atomic mass is 9.97. The van der Waals surface area contributed by atoms with Gasteiger partial charge in [0, 0.05) is 12.6 Å². The van der Waals surface area contributed by atoms with E-state index >= 15 is 0 Å². The Bertz CT molecular complexity index is 435. The van der Waals surface area contributed by atoms with Crippen LogP contribution in [0.15, 0.2) is 18.2 Å². The summed E-state index contributed by atoms with van der Waals surface area (Å²) in [6.45, 7) is 3.96. The van der Waals surface area contributed by atoms with Crippen molar-refractivity contribution in [3.63, 3.8) is 0 Å². The van der Waals surface area contributed by atoms with Gasteiger partial charge in [0.15, 0.2) is 0 Å². The van der Waals surface area contributed by atoms with E-state index < -0.39 is 0 Å². The highest BCUT2D eigenvalue weighted by Gasteiger charge is 2.17. The van der Waals surface area contributed by atoms with Gasteiger partial charge >= 0.3 is 0 Å². The molecule has 0 aromatic heterocycles. The van der Waals surface area contributed by atoms with Crippen molar-refractivity contribution >= 4 is 11.6 Å². The van der Waals surface area contributed by atoms with Crippen molar-refractivity contribution < 1.29 is 9.13 Å². The molecule has 1 fully saturated rings. The van der Waals surface area contributed by atoms with E-state index in [0.717, 1.165) is 38.0 Å². The zero-order valence-corrected chi connectivity index (χ0v) is 13.5. The first-order chi connectivity index (χ1) is 10.2. The van der Waals surface area contributed by atoms with Crippen LogP contribution in [-0.4, -0.2) is 25.3 Å². The number of rotatable bonds is 7. The molecular weight excluding hydrogens is 289 g/mol. The first-order valence-corrected chi connectivity index (χ1v) is 8.35. The van der Waals surface area contributed by atoms with Crippen molar-refractivity contribution in [3.05, 3.63) is 34.6 Å². The van der Waals surface area contributed by atoms with Gasteiger partial charge in [-0.2, -0.15) is 0 Å². The Morgan fingerprint density at radius 3 is 2.95 bits per heavy atom. The number of likely N-dealkylation sites (N-methyl/N-ethyl adjacent to an activating group) is 1. The largest absolute Gasteiger partial charge is 0.378 e. The third-order valence-electron chi connectivity index (χ3n) is 4.07. The van der Waals surface area contributed by atoms with Gasteiger partial charge in [-0.1, -0.05) is 24.6 Å². The van der Waals surface area contributed by atoms with Crippen LogP contribution in [0.2, 0.25) is 5.02 Å². The summed E-state index contributed by atoms with van der Waals surface area (Å²) in [6.07, 6.45) is 7.12. The van der Waals surface area contributed by atoms with E-state index in [4.69, 9.17) is 16.3 Å². The molecule has 2 rings (SSSR count). The summed E-state index contributed by atoms with van der Waals surface area (Å²) in [4.78, 5) is 0. The number of halogens is 2. The minimum atomic E-state index is -0.351. The number of benzene rings is 1. The second-order valence-electron chi connectivity index (χ2n) is 5.77. The SMILES string of the molecule is CCNC(CCC1CCCCO1)Cc1ccc(F)c(Cl)c1. The maximum Gasteiger partial charge on any atom is 0.141 e. The summed E-state index contributed by atoms with van der Waals surface area (Å²) >= 11 is 5.86. The van der Waals surface area contributed by atoms with Crippen LogP contribution in [-0.2, 0) is 11.2 Å². The van der Waals surface area contributed by atoms with Crippen LogP contribution in [0, 0.1) is 5.82 Å². The number of hydrogen-bond acceptors (Lipinski definition) is 2. The molecule has 1 saturated heterocycles. The minimum absolute atomic E-state index is 0.207. The summed E-state index contributed by atoms with van der Waals surface area (Å²) in [5.74, 6) is -0.351. The van der Waals surface area contributed by atoms with Crippen LogP contribution in [0.5, 0.6) is 0 Å². The standard InChI is InChI=1S/C17H25ClFNO/c1-2-20-14(7-8-15-5-3-4-10-21-15)11-13-6-9-17(19)16(18)12-13/h6,9,12,14-15,20H,2-5,7-8,10-11H2,1H3. The van der Waals surface area contributed by atoms with Crippen LogP contribution in [0.4, 0.5) is 4.39 Å². The van der Waals surface area contributed by atoms with Gasteiger partial charge in [0.25, 0.3) is 0 Å². The van der Waals surface area contributed by atoms with Crippen molar-refractivity contribution in [1.29, 1.82) is 0 Å². The molecule has 2 unspecified atom stereocenters. The lowest BCUT2D eigenvalue weighted by Gasteiger charge is -2.25. The fourth-order valence-electron chi connectivity index (χ4n) is 2.94. The minimum Gasteiger partial charge on any atom is -0.378 e. The molecule has 1 N–H and O–H groups in total. The van der Waals surface area contributed by atoms with Crippen molar-refractivity contribution in [2.45, 2.75) is 57.6 Å². The van der Waals surface area contributed by atoms with E-state index in [9.17, 15) is 4.39 Å². The number of hydrogen-bond donors (Lipinski definition) is 1. The maximum atomic E-state index is 13.2. The Morgan fingerprint density at radius 1 is 1.43 bits per heavy atom. The second kappa shape index (κ2) is 8.72. The maximum absolute atomic E-state index is 13.2. The lowest BCUT2D eigenvalue weighted by Crippen LogP contribution is -2.32. The molecule has 1 aliphatic heterocycles. The van der Waals surface area contributed by atoms with E-state index in [1.807, 2.05) is 6.07 Å². The Morgan fingerprint density at radius 2 is 2.29 bits per heavy atom. The molecule has 2 nitrogen and oxygen atoms in total. The van der Waals surface area contributed by atoms with Gasteiger partial charge in [0.2, 0.25) is 0 Å². The van der Waals surface area contributed by atoms with Crippen molar-refractivity contribution in [3.8, 4) is 0 Å². The van der Waals surface area contributed by atoms with E-state index in [0.29, 0.717) is 12.1 Å². The van der Waals surface area contributed by atoms with Gasteiger partial charge in [0.1, 0.15) is 5.82 Å². The number of nitrogens with one attached hydrogen (secondary N) is 1. The molecule has 0 radical (unpaired) electrons. The molecule has 0 aliphatic carbocycles. The van der Waals surface area contributed by atoms with E-state index in [1.165, 1.54) is 25.3 Å². The summed E-state index contributed by atoms with van der Waals surface area (Å²) < 4.78 is 19.0. The molecule has 2 atom stereocenters. The van der Waals surface area contributed by atoms with Gasteiger partial charge < -0.3 is 10.1 Å². The van der Waals surface area contributed by atoms with Crippen molar-refractivity contribution in [2.75, 3.05) is 13.2 Å². The van der Waals surface area contributed by atoms with Crippen LogP contribution in [0.3, 0.4) is 0 Å². The van der Waals surface area contributed by atoms with Crippen molar-refractivity contribution in [2.24, 2.45) is 0 Å². The normalized spacial score (nSPS) is 20.4. The molecule has 1 aromatic rings. The van der Waals surface area contributed by atoms with Crippen LogP contribution >= 0.6 is 11.6 Å². The van der Waals surface area contributed by atoms with Crippen LogP contribution in [0.1, 0.15) is 44.6 Å². The molecule has 118 valence electrons. The highest BCUT2D eigenvalue weighted by Crippen LogP contribution is 2.21. The fraction of sp³-hybridized carbons (Fsp3) is 0.647. The van der Waals surface area contributed by atoms with Crippen molar-refractivity contribution in [1.82, 2.24) is 5.32 Å². The summed E-state index contributed by atoms with van der Waals surface area (Å²) in [7, 11) is 0. The molecule has 1 aliphatic rings. The molecule has 1 aromatic carbocycles. The molecular formula is C17H25ClFNO. The summed E-state index contributed by atoms with van der Waals surface area (Å²) in [5.41, 5.74) is 1.08. The van der Waals surface area contributed by atoms with Gasteiger partial charge in [-0.25, -0.2) is 4.39 Å². The molecule has 4 heteroatoms. The molecule has 0 bridgehead atoms. The fourth-order valence-corrected chi connectivity index (χ4v) is 3.14. The topological polar surface area (TPSA) is 21.3 Å². The van der Waals surface area contributed by atoms with Gasteiger partial charge in [-0.3, -0.25) is 0 Å². The highest BCUT2D eigenvalue weighted by atomic mass is 35.5. The van der Waals surface area contributed by atoms with Gasteiger partial charge in [0.05, 0.1) is 11.1 Å². The lowest BCUT2D eigenvalue weighted by molar-refractivity contribution is 0.00860. The predicted molar refractivity (Wildman–Crippen MR) is 85.4 cm³/mol. The van der Waals surface area contributed by atoms with E-state index in [2.05, 4.69) is 12.2 Å². The van der Waals surface area contributed by atoms with E-state index in [-0.39, 0.29) is 10.8 Å². The Balaban J connectivity index is 1.86. The van der Waals surface area contributed by atoms with Crippen LogP contribution < -0.4 is 5.32 Å². The average molecular weight is 314 g/mol. The molecule has 21 heavy (non-hydrogen) atoms. The average Bonchev–Trinajstić information content (AvgIpc) is 2.50.